The van der Waals surface area contributed by atoms with Crippen LogP contribution in [0, 0.1) is 0 Å². The van der Waals surface area contributed by atoms with Crippen molar-refractivity contribution in [3.8, 4) is 0 Å². The molecule has 1 atom stereocenters. The molecule has 0 unspecified atom stereocenters. The predicted molar refractivity (Wildman–Crippen MR) is 106 cm³/mol. The topological polar surface area (TPSA) is 44.3 Å². The van der Waals surface area contributed by atoms with E-state index in [1.807, 2.05) is 12.1 Å². The maximum Gasteiger partial charge on any atom is 0.151 e. The smallest absolute Gasteiger partial charge is 0.151 e. The van der Waals surface area contributed by atoms with Crippen LogP contribution in [0.3, 0.4) is 0 Å². The van der Waals surface area contributed by atoms with E-state index in [2.05, 4.69) is 55.6 Å². The minimum absolute atomic E-state index is 0.451. The minimum Gasteiger partial charge on any atom is -0.355 e. The van der Waals surface area contributed by atoms with Gasteiger partial charge in [-0.15, -0.1) is 10.2 Å². The Kier molecular flexibility index (Phi) is 5.68. The molecule has 2 aliphatic heterocycles. The number of piperidine rings is 1. The Bertz CT molecular complexity index is 685. The van der Waals surface area contributed by atoms with E-state index in [9.17, 15) is 0 Å². The second-order valence-electron chi connectivity index (χ2n) is 7.35. The number of nitrogens with one attached hydrogen (secondary N) is 1. The summed E-state index contributed by atoms with van der Waals surface area (Å²) < 4.78 is 0. The second kappa shape index (κ2) is 8.33. The molecule has 138 valence electrons. The largest absolute Gasteiger partial charge is 0.355 e. The molecule has 1 aromatic carbocycles. The van der Waals surface area contributed by atoms with E-state index in [-0.39, 0.29) is 0 Å². The van der Waals surface area contributed by atoms with Crippen LogP contribution >= 0.6 is 11.6 Å². The summed E-state index contributed by atoms with van der Waals surface area (Å²) in [6.45, 7) is 5.44. The Labute approximate surface area is 160 Å². The third kappa shape index (κ3) is 4.53. The number of hydrogen-bond donors (Lipinski definition) is 1. The van der Waals surface area contributed by atoms with Gasteiger partial charge in [0.05, 0.1) is 0 Å². The third-order valence-electron chi connectivity index (χ3n) is 5.43. The van der Waals surface area contributed by atoms with Gasteiger partial charge in [-0.2, -0.15) is 0 Å². The van der Waals surface area contributed by atoms with Crippen LogP contribution in [0.5, 0.6) is 0 Å². The normalized spacial score (nSPS) is 22.0. The monoisotopic (exact) mass is 371 g/mol. The molecule has 4 rings (SSSR count). The molecule has 26 heavy (non-hydrogen) atoms. The fourth-order valence-electron chi connectivity index (χ4n) is 4.04. The van der Waals surface area contributed by atoms with E-state index >= 15 is 0 Å². The number of halogens is 1. The molecule has 0 radical (unpaired) electrons. The summed E-state index contributed by atoms with van der Waals surface area (Å²) in [5.74, 6) is 0.933. The molecule has 2 aromatic rings. The third-order valence-corrected chi connectivity index (χ3v) is 5.63. The van der Waals surface area contributed by atoms with Gasteiger partial charge in [0.25, 0.3) is 0 Å². The lowest BCUT2D eigenvalue weighted by Gasteiger charge is -2.34. The summed E-state index contributed by atoms with van der Waals surface area (Å²) in [6.07, 6.45) is 3.55. The van der Waals surface area contributed by atoms with Crippen molar-refractivity contribution in [1.82, 2.24) is 20.4 Å². The summed E-state index contributed by atoms with van der Waals surface area (Å²) >= 11 is 5.83. The quantitative estimate of drug-likeness (QED) is 0.875. The van der Waals surface area contributed by atoms with Gasteiger partial charge in [0.15, 0.2) is 11.0 Å². The number of benzene rings is 1. The number of likely N-dealkylation sites (tertiary alicyclic amines) is 1. The van der Waals surface area contributed by atoms with E-state index in [1.54, 1.807) is 0 Å². The fourth-order valence-corrected chi connectivity index (χ4v) is 4.14. The van der Waals surface area contributed by atoms with Crippen molar-refractivity contribution in [3.63, 3.8) is 0 Å². The lowest BCUT2D eigenvalue weighted by atomic mass is 10.0. The molecule has 2 fully saturated rings. The van der Waals surface area contributed by atoms with Gasteiger partial charge in [-0.05, 0) is 37.0 Å². The van der Waals surface area contributed by atoms with Crippen LogP contribution < -0.4 is 10.2 Å². The number of rotatable bonds is 5. The molecule has 5 nitrogen and oxygen atoms in total. The minimum atomic E-state index is 0.451. The SMILES string of the molecule is Clc1ccc(N2CCC(N[C@@H]3CCN(Cc4ccccc4)C3)CC2)nn1. The summed E-state index contributed by atoms with van der Waals surface area (Å²) in [6, 6.07) is 15.8. The van der Waals surface area contributed by atoms with Crippen LogP contribution in [0.4, 0.5) is 5.82 Å². The summed E-state index contributed by atoms with van der Waals surface area (Å²) in [4.78, 5) is 4.86. The number of nitrogens with zero attached hydrogens (tertiary/aromatic N) is 4. The zero-order valence-electron chi connectivity index (χ0n) is 15.0. The molecule has 0 saturated carbocycles. The zero-order chi connectivity index (χ0) is 17.8. The van der Waals surface area contributed by atoms with E-state index in [1.165, 1.54) is 18.5 Å². The standard InChI is InChI=1S/C20H26ClN5/c21-19-6-7-20(24-23-19)26-12-9-17(10-13-26)22-18-8-11-25(15-18)14-16-4-2-1-3-5-16/h1-7,17-18,22H,8-15H2/t18-/m1/s1. The van der Waals surface area contributed by atoms with Crippen molar-refractivity contribution in [3.05, 3.63) is 53.2 Å². The van der Waals surface area contributed by atoms with E-state index < -0.39 is 0 Å². The van der Waals surface area contributed by atoms with Crippen LogP contribution in [0.25, 0.3) is 0 Å². The first-order valence-electron chi connectivity index (χ1n) is 9.53. The molecule has 0 aliphatic carbocycles. The molecule has 0 bridgehead atoms. The zero-order valence-corrected chi connectivity index (χ0v) is 15.8. The lowest BCUT2D eigenvalue weighted by Crippen LogP contribution is -2.47. The maximum atomic E-state index is 5.83. The summed E-state index contributed by atoms with van der Waals surface area (Å²) in [7, 11) is 0. The van der Waals surface area contributed by atoms with Gasteiger partial charge in [0.1, 0.15) is 0 Å². The van der Waals surface area contributed by atoms with Gasteiger partial charge in [0.2, 0.25) is 0 Å². The predicted octanol–water partition coefficient (Wildman–Crippen LogP) is 2.96. The first-order chi connectivity index (χ1) is 12.8. The van der Waals surface area contributed by atoms with E-state index in [0.717, 1.165) is 44.8 Å². The molecule has 0 amide bonds. The van der Waals surface area contributed by atoms with E-state index in [4.69, 9.17) is 11.6 Å². The van der Waals surface area contributed by atoms with Crippen LogP contribution in [-0.2, 0) is 6.54 Å². The van der Waals surface area contributed by atoms with Crippen LogP contribution in [0.15, 0.2) is 42.5 Å². The molecular formula is C20H26ClN5. The van der Waals surface area contributed by atoms with Gasteiger partial charge in [0, 0.05) is 44.8 Å². The molecule has 3 heterocycles. The molecule has 2 saturated heterocycles. The second-order valence-corrected chi connectivity index (χ2v) is 7.74. The average Bonchev–Trinajstić information content (AvgIpc) is 3.11. The highest BCUT2D eigenvalue weighted by Crippen LogP contribution is 2.20. The van der Waals surface area contributed by atoms with Crippen molar-refractivity contribution in [2.75, 3.05) is 31.1 Å². The van der Waals surface area contributed by atoms with Crippen molar-refractivity contribution < 1.29 is 0 Å². The average molecular weight is 372 g/mol. The number of hydrogen-bond acceptors (Lipinski definition) is 5. The van der Waals surface area contributed by atoms with Gasteiger partial charge in [-0.1, -0.05) is 41.9 Å². The van der Waals surface area contributed by atoms with Crippen molar-refractivity contribution in [2.45, 2.75) is 37.9 Å². The van der Waals surface area contributed by atoms with Crippen molar-refractivity contribution in [2.24, 2.45) is 0 Å². The molecule has 6 heteroatoms. The molecule has 1 N–H and O–H groups in total. The highest BCUT2D eigenvalue weighted by atomic mass is 35.5. The van der Waals surface area contributed by atoms with E-state index in [0.29, 0.717) is 17.2 Å². The number of anilines is 1. The number of aromatic nitrogens is 2. The first kappa shape index (κ1) is 17.7. The van der Waals surface area contributed by atoms with Crippen molar-refractivity contribution in [1.29, 1.82) is 0 Å². The highest BCUT2D eigenvalue weighted by Gasteiger charge is 2.27. The Morgan fingerprint density at radius 1 is 0.923 bits per heavy atom. The Balaban J connectivity index is 1.22. The molecule has 2 aliphatic rings. The highest BCUT2D eigenvalue weighted by molar-refractivity contribution is 6.29. The van der Waals surface area contributed by atoms with Gasteiger partial charge >= 0.3 is 0 Å². The van der Waals surface area contributed by atoms with Crippen LogP contribution in [0.1, 0.15) is 24.8 Å². The Morgan fingerprint density at radius 3 is 2.42 bits per heavy atom. The maximum absolute atomic E-state index is 5.83. The molecule has 1 aromatic heterocycles. The van der Waals surface area contributed by atoms with Gasteiger partial charge < -0.3 is 10.2 Å². The lowest BCUT2D eigenvalue weighted by molar-refractivity contribution is 0.306. The Morgan fingerprint density at radius 2 is 1.69 bits per heavy atom. The first-order valence-corrected chi connectivity index (χ1v) is 9.90. The van der Waals surface area contributed by atoms with Gasteiger partial charge in [-0.3, -0.25) is 4.90 Å². The van der Waals surface area contributed by atoms with Crippen LogP contribution in [-0.4, -0.2) is 53.4 Å². The fraction of sp³-hybridized carbons (Fsp3) is 0.500. The summed E-state index contributed by atoms with van der Waals surface area (Å²) in [5.41, 5.74) is 1.41. The molecular weight excluding hydrogens is 346 g/mol. The van der Waals surface area contributed by atoms with Crippen LogP contribution in [0.2, 0.25) is 5.15 Å². The van der Waals surface area contributed by atoms with Gasteiger partial charge in [-0.25, -0.2) is 0 Å². The summed E-state index contributed by atoms with van der Waals surface area (Å²) in [5, 5.41) is 12.5. The molecule has 0 spiro atoms. The van der Waals surface area contributed by atoms with Crippen molar-refractivity contribution >= 4 is 17.4 Å². The Hall–Kier alpha value is -1.69.